The summed E-state index contributed by atoms with van der Waals surface area (Å²) in [6.45, 7) is -0.903. The molecule has 0 aliphatic rings. The molecular weight excluding hydrogens is 662 g/mol. The second kappa shape index (κ2) is 23.1. The number of carbonyl (C=O) groups is 10. The lowest BCUT2D eigenvalue weighted by atomic mass is 10.4. The van der Waals surface area contributed by atoms with E-state index in [9.17, 15) is 47.9 Å². The number of nitrogens with two attached hydrogens (primary N) is 1. The fraction of sp³-hybridized carbons (Fsp3) is 0.655. The number of primary amides is 1. The Labute approximate surface area is 291 Å². The highest BCUT2D eigenvalue weighted by Gasteiger charge is 2.22. The van der Waals surface area contributed by atoms with E-state index in [1.807, 2.05) is 6.92 Å². The van der Waals surface area contributed by atoms with Gasteiger partial charge < -0.3 is 56.4 Å². The zero-order valence-electron chi connectivity index (χ0n) is 29.8. The van der Waals surface area contributed by atoms with Gasteiger partial charge in [-0.25, -0.2) is 0 Å². The summed E-state index contributed by atoms with van der Waals surface area (Å²) in [4.78, 5) is 128. The molecule has 0 atom stereocenters. The lowest BCUT2D eigenvalue weighted by molar-refractivity contribution is -0.141. The molecule has 6 N–H and O–H groups in total. The Morgan fingerprint density at radius 3 is 1.00 bits per heavy atom. The van der Waals surface area contributed by atoms with Crippen LogP contribution in [0.4, 0.5) is 0 Å². The van der Waals surface area contributed by atoms with Gasteiger partial charge in [-0.15, -0.1) is 0 Å². The Kier molecular flexibility index (Phi) is 20.6. The zero-order chi connectivity index (χ0) is 38.6. The van der Waals surface area contributed by atoms with Gasteiger partial charge in [0.1, 0.15) is 0 Å². The maximum absolute atomic E-state index is 12.6. The average molecular weight is 714 g/mol. The summed E-state index contributed by atoms with van der Waals surface area (Å²) in [6.07, 6.45) is 0.851. The molecule has 0 saturated heterocycles. The molecule has 282 valence electrons. The number of likely N-dealkylation sites (N-methyl/N-ethyl adjacent to an activating group) is 6. The minimum atomic E-state index is -0.751. The van der Waals surface area contributed by atoms with Gasteiger partial charge in [0.05, 0.1) is 65.4 Å². The molecule has 21 heteroatoms. The smallest absolute Gasteiger partial charge is 0.242 e. The maximum atomic E-state index is 12.6. The van der Waals surface area contributed by atoms with Crippen LogP contribution < -0.4 is 27.0 Å². The summed E-state index contributed by atoms with van der Waals surface area (Å²) in [6, 6.07) is 0. The van der Waals surface area contributed by atoms with Gasteiger partial charge in [0.25, 0.3) is 0 Å². The van der Waals surface area contributed by atoms with Crippen LogP contribution in [0.3, 0.4) is 0 Å². The van der Waals surface area contributed by atoms with Crippen LogP contribution in [0.15, 0.2) is 0 Å². The molecule has 0 rings (SSSR count). The van der Waals surface area contributed by atoms with E-state index in [1.54, 1.807) is 0 Å². The molecule has 10 amide bonds. The van der Waals surface area contributed by atoms with Crippen molar-refractivity contribution in [2.45, 2.75) is 13.3 Å². The number of nitrogens with zero attached hydrogens (tertiary/aromatic N) is 6. The van der Waals surface area contributed by atoms with Crippen molar-refractivity contribution in [3.63, 3.8) is 0 Å². The summed E-state index contributed by atoms with van der Waals surface area (Å²) in [5.74, 6) is -5.92. The number of amides is 10. The van der Waals surface area contributed by atoms with Crippen LogP contribution in [0.1, 0.15) is 13.3 Å². The van der Waals surface area contributed by atoms with Crippen LogP contribution in [0.25, 0.3) is 0 Å². The first-order chi connectivity index (χ1) is 23.3. The lowest BCUT2D eigenvalue weighted by Crippen LogP contribution is -2.49. The van der Waals surface area contributed by atoms with Crippen LogP contribution in [-0.2, 0) is 47.9 Å². The molecule has 0 fully saturated rings. The second-order valence-electron chi connectivity index (χ2n) is 11.5. The largest absolute Gasteiger partial charge is 0.368 e. The standard InChI is InChI=1S/C29H51N11O10/c1-8-9-31-11-24(45)38(5)17-27(48)36(3)15-22(43)33-13-26(47)40(7)19-29(50)37(4)16-23(44)34-12-25(46)39(6)18-28(49)35(2)14-21(42)32-10-20(30)41/h31H,8-19H2,1-7H3,(H2,30,41)(H,32,42)(H,33,43)(H,34,44). The Morgan fingerprint density at radius 2 is 0.700 bits per heavy atom. The highest BCUT2D eigenvalue weighted by molar-refractivity contribution is 5.93. The van der Waals surface area contributed by atoms with E-state index in [-0.39, 0.29) is 38.6 Å². The van der Waals surface area contributed by atoms with Crippen molar-refractivity contribution >= 4 is 59.1 Å². The number of hydrogen-bond donors (Lipinski definition) is 5. The van der Waals surface area contributed by atoms with Crippen LogP contribution in [0, 0.1) is 0 Å². The SMILES string of the molecule is CCCNCC(=O)N(C)CC(=O)N(C)CC(=O)NCC(=O)N(C)CC(=O)N(C)CC(=O)NCC(=O)N(C)CC(=O)N(C)CC(=O)NCC(N)=O. The summed E-state index contributed by atoms with van der Waals surface area (Å²) in [5.41, 5.74) is 4.94. The Morgan fingerprint density at radius 1 is 0.420 bits per heavy atom. The van der Waals surface area contributed by atoms with E-state index in [2.05, 4.69) is 21.3 Å². The molecule has 0 aromatic heterocycles. The molecule has 50 heavy (non-hydrogen) atoms. The first-order valence-electron chi connectivity index (χ1n) is 15.5. The van der Waals surface area contributed by atoms with Crippen molar-refractivity contribution in [1.82, 2.24) is 50.7 Å². The molecule has 0 aromatic rings. The van der Waals surface area contributed by atoms with Crippen molar-refractivity contribution < 1.29 is 47.9 Å². The van der Waals surface area contributed by atoms with Gasteiger partial charge in [0.2, 0.25) is 59.1 Å². The third-order valence-corrected chi connectivity index (χ3v) is 6.85. The van der Waals surface area contributed by atoms with Crippen molar-refractivity contribution in [1.29, 1.82) is 0 Å². The highest BCUT2D eigenvalue weighted by atomic mass is 16.2. The van der Waals surface area contributed by atoms with E-state index < -0.39 is 85.9 Å². The second-order valence-corrected chi connectivity index (χ2v) is 11.5. The normalized spacial score (nSPS) is 10.2. The fourth-order valence-corrected chi connectivity index (χ4v) is 3.62. The van der Waals surface area contributed by atoms with Crippen molar-refractivity contribution in [3.05, 3.63) is 0 Å². The Balaban J connectivity index is 4.55. The zero-order valence-corrected chi connectivity index (χ0v) is 29.8. The van der Waals surface area contributed by atoms with E-state index in [1.165, 1.54) is 47.2 Å². The minimum absolute atomic E-state index is 0.0831. The Hall–Kier alpha value is -5.34. The summed E-state index contributed by atoms with van der Waals surface area (Å²) < 4.78 is 0. The monoisotopic (exact) mass is 713 g/mol. The van der Waals surface area contributed by atoms with Crippen molar-refractivity contribution in [3.8, 4) is 0 Å². The summed E-state index contributed by atoms with van der Waals surface area (Å²) in [5, 5.41) is 9.87. The third kappa shape index (κ3) is 18.9. The van der Waals surface area contributed by atoms with Crippen LogP contribution in [0.5, 0.6) is 0 Å². The fourth-order valence-electron chi connectivity index (χ4n) is 3.62. The molecule has 0 saturated carbocycles. The molecule has 0 unspecified atom stereocenters. The molecule has 0 heterocycles. The van der Waals surface area contributed by atoms with Crippen molar-refractivity contribution in [2.24, 2.45) is 5.73 Å². The molecule has 0 aliphatic heterocycles. The minimum Gasteiger partial charge on any atom is -0.368 e. The van der Waals surface area contributed by atoms with Gasteiger partial charge in [-0.05, 0) is 13.0 Å². The summed E-state index contributed by atoms with van der Waals surface area (Å²) in [7, 11) is 8.12. The highest BCUT2D eigenvalue weighted by Crippen LogP contribution is 1.95. The molecule has 0 aliphatic carbocycles. The molecule has 0 bridgehead atoms. The average Bonchev–Trinajstić information content (AvgIpc) is 3.04. The molecule has 0 spiro atoms. The number of rotatable bonds is 22. The Bertz CT molecular complexity index is 1260. The first-order valence-corrected chi connectivity index (χ1v) is 15.5. The predicted molar refractivity (Wildman–Crippen MR) is 177 cm³/mol. The number of carbonyl (C=O) groups excluding carboxylic acids is 10. The topological polar surface area (TPSA) is 264 Å². The van der Waals surface area contributed by atoms with E-state index in [4.69, 9.17) is 5.73 Å². The molecular formula is C29H51N11O10. The van der Waals surface area contributed by atoms with Gasteiger partial charge >= 0.3 is 0 Å². The van der Waals surface area contributed by atoms with E-state index >= 15 is 0 Å². The third-order valence-electron chi connectivity index (χ3n) is 6.85. The number of hydrogen-bond acceptors (Lipinski definition) is 11. The maximum Gasteiger partial charge on any atom is 0.242 e. The number of nitrogens with one attached hydrogen (secondary N) is 4. The van der Waals surface area contributed by atoms with Gasteiger partial charge in [-0.2, -0.15) is 0 Å². The van der Waals surface area contributed by atoms with E-state index in [0.717, 1.165) is 30.9 Å². The van der Waals surface area contributed by atoms with E-state index in [0.29, 0.717) is 6.54 Å². The first kappa shape index (κ1) is 44.7. The van der Waals surface area contributed by atoms with Gasteiger partial charge in [0.15, 0.2) is 0 Å². The molecule has 21 nitrogen and oxygen atoms in total. The van der Waals surface area contributed by atoms with Crippen molar-refractivity contribution in [2.75, 3.05) is 114 Å². The summed E-state index contributed by atoms with van der Waals surface area (Å²) >= 11 is 0. The predicted octanol–water partition coefficient (Wildman–Crippen LogP) is -6.43. The molecule has 0 radical (unpaired) electrons. The molecule has 0 aromatic carbocycles. The van der Waals surface area contributed by atoms with Crippen LogP contribution >= 0.6 is 0 Å². The van der Waals surface area contributed by atoms with Crippen LogP contribution in [0.2, 0.25) is 0 Å². The van der Waals surface area contributed by atoms with Gasteiger partial charge in [-0.1, -0.05) is 6.92 Å². The quantitative estimate of drug-likeness (QED) is 0.0659. The van der Waals surface area contributed by atoms with Crippen LogP contribution in [-0.4, -0.2) is 203 Å². The van der Waals surface area contributed by atoms with Gasteiger partial charge in [0, 0.05) is 42.3 Å². The van der Waals surface area contributed by atoms with Gasteiger partial charge in [-0.3, -0.25) is 47.9 Å². The lowest BCUT2D eigenvalue weighted by Gasteiger charge is -2.23.